The lowest BCUT2D eigenvalue weighted by Gasteiger charge is -2.33. The molecule has 1 aliphatic heterocycles. The van der Waals surface area contributed by atoms with Crippen LogP contribution in [0.3, 0.4) is 0 Å². The average Bonchev–Trinajstić information content (AvgIpc) is 2.14. The van der Waals surface area contributed by atoms with Crippen LogP contribution in [0.15, 0.2) is 0 Å². The number of hydrogen-bond donors (Lipinski definition) is 2. The lowest BCUT2D eigenvalue weighted by atomic mass is 9.80. The minimum atomic E-state index is 0. The van der Waals surface area contributed by atoms with E-state index in [1.54, 1.807) is 0 Å². The minimum Gasteiger partial charge on any atom is -0.381 e. The molecule has 0 radical (unpaired) electrons. The molecule has 1 saturated carbocycles. The van der Waals surface area contributed by atoms with E-state index in [1.807, 2.05) is 0 Å². The van der Waals surface area contributed by atoms with Gasteiger partial charge in [-0.25, -0.2) is 0 Å². The topological polar surface area (TPSA) is 64.4 Å². The molecule has 0 unspecified atom stereocenters. The van der Waals surface area contributed by atoms with Gasteiger partial charge in [0.1, 0.15) is 0 Å². The summed E-state index contributed by atoms with van der Waals surface area (Å²) in [7, 11) is 0. The van der Waals surface area contributed by atoms with Crippen molar-refractivity contribution in [2.45, 2.75) is 37.8 Å². The van der Waals surface area contributed by atoms with Crippen LogP contribution >= 0.6 is 12.4 Å². The van der Waals surface area contributed by atoms with Crippen molar-refractivity contribution in [1.29, 1.82) is 0 Å². The molecule has 2 rings (SSSR count). The van der Waals surface area contributed by atoms with Gasteiger partial charge in [0.2, 0.25) is 5.91 Å². The molecule has 0 aromatic heterocycles. The first-order chi connectivity index (χ1) is 6.75. The summed E-state index contributed by atoms with van der Waals surface area (Å²) in [5.41, 5.74) is 5.64. The second kappa shape index (κ2) is 5.68. The summed E-state index contributed by atoms with van der Waals surface area (Å²) in [6, 6.07) is 0.577. The molecule has 0 aromatic rings. The molecule has 0 atom stereocenters. The summed E-state index contributed by atoms with van der Waals surface area (Å²) in [5, 5.41) is 3.07. The van der Waals surface area contributed by atoms with Crippen molar-refractivity contribution in [1.82, 2.24) is 5.32 Å². The van der Waals surface area contributed by atoms with Crippen LogP contribution in [-0.4, -0.2) is 31.2 Å². The Morgan fingerprint density at radius 1 is 1.27 bits per heavy atom. The molecule has 1 aliphatic carbocycles. The Kier molecular flexibility index (Phi) is 4.83. The zero-order valence-electron chi connectivity index (χ0n) is 8.78. The van der Waals surface area contributed by atoms with Gasteiger partial charge in [0.25, 0.3) is 0 Å². The summed E-state index contributed by atoms with van der Waals surface area (Å²) in [6.07, 6.45) is 3.61. The van der Waals surface area contributed by atoms with Crippen molar-refractivity contribution < 1.29 is 9.53 Å². The van der Waals surface area contributed by atoms with Gasteiger partial charge >= 0.3 is 0 Å². The van der Waals surface area contributed by atoms with E-state index in [2.05, 4.69) is 5.32 Å². The molecule has 2 aliphatic rings. The van der Waals surface area contributed by atoms with Gasteiger partial charge in [0.15, 0.2) is 0 Å². The van der Waals surface area contributed by atoms with Crippen LogP contribution in [0.2, 0.25) is 0 Å². The standard InChI is InChI=1S/C10H18N2O2.ClH/c11-8-5-7(6-8)10(13)12-9-1-3-14-4-2-9;/h7-9H,1-6,11H2,(H,12,13);1H. The molecule has 2 fully saturated rings. The molecular weight excluding hydrogens is 216 g/mol. The van der Waals surface area contributed by atoms with E-state index in [1.165, 1.54) is 0 Å². The molecule has 0 spiro atoms. The summed E-state index contributed by atoms with van der Waals surface area (Å²) in [4.78, 5) is 11.6. The van der Waals surface area contributed by atoms with Crippen molar-refractivity contribution in [2.24, 2.45) is 11.7 Å². The average molecular weight is 235 g/mol. The van der Waals surface area contributed by atoms with Crippen LogP contribution in [-0.2, 0) is 9.53 Å². The Labute approximate surface area is 96.3 Å². The third-order valence-corrected chi connectivity index (χ3v) is 3.11. The minimum absolute atomic E-state index is 0. The molecule has 1 saturated heterocycles. The zero-order chi connectivity index (χ0) is 9.97. The molecule has 5 heteroatoms. The SMILES string of the molecule is Cl.NC1CC(C(=O)NC2CCOCC2)C1. The fourth-order valence-electron chi connectivity index (χ4n) is 2.04. The highest BCUT2D eigenvalue weighted by molar-refractivity contribution is 5.85. The second-order valence-electron chi connectivity index (χ2n) is 4.32. The summed E-state index contributed by atoms with van der Waals surface area (Å²) in [6.45, 7) is 1.55. The van der Waals surface area contributed by atoms with E-state index < -0.39 is 0 Å². The molecule has 1 amide bonds. The smallest absolute Gasteiger partial charge is 0.223 e. The number of carbonyl (C=O) groups is 1. The third-order valence-electron chi connectivity index (χ3n) is 3.11. The van der Waals surface area contributed by atoms with Gasteiger partial charge in [0, 0.05) is 31.2 Å². The highest BCUT2D eigenvalue weighted by Gasteiger charge is 2.32. The maximum Gasteiger partial charge on any atom is 0.223 e. The predicted octanol–water partition coefficient (Wildman–Crippen LogP) is 0.441. The normalized spacial score (nSPS) is 31.3. The van der Waals surface area contributed by atoms with Gasteiger partial charge in [-0.1, -0.05) is 0 Å². The fraction of sp³-hybridized carbons (Fsp3) is 0.900. The molecular formula is C10H19ClN2O2. The summed E-state index contributed by atoms with van der Waals surface area (Å²) < 4.78 is 5.23. The number of halogens is 1. The Morgan fingerprint density at radius 3 is 2.40 bits per heavy atom. The highest BCUT2D eigenvalue weighted by atomic mass is 35.5. The lowest BCUT2D eigenvalue weighted by molar-refractivity contribution is -0.129. The second-order valence-corrected chi connectivity index (χ2v) is 4.32. The predicted molar refractivity (Wildman–Crippen MR) is 59.9 cm³/mol. The Morgan fingerprint density at radius 2 is 1.87 bits per heavy atom. The van der Waals surface area contributed by atoms with Crippen LogP contribution in [0.25, 0.3) is 0 Å². The maximum absolute atomic E-state index is 11.6. The van der Waals surface area contributed by atoms with Crippen molar-refractivity contribution in [3.8, 4) is 0 Å². The van der Waals surface area contributed by atoms with Crippen LogP contribution in [0.1, 0.15) is 25.7 Å². The van der Waals surface area contributed by atoms with Crippen molar-refractivity contribution >= 4 is 18.3 Å². The van der Waals surface area contributed by atoms with Crippen molar-refractivity contribution in [3.63, 3.8) is 0 Å². The molecule has 3 N–H and O–H groups in total. The molecule has 0 bridgehead atoms. The first kappa shape index (κ1) is 12.7. The van der Waals surface area contributed by atoms with E-state index in [9.17, 15) is 4.79 Å². The number of nitrogens with two attached hydrogens (primary N) is 1. The van der Waals surface area contributed by atoms with Gasteiger partial charge in [-0.05, 0) is 25.7 Å². The van der Waals surface area contributed by atoms with Crippen LogP contribution in [0.5, 0.6) is 0 Å². The molecule has 4 nitrogen and oxygen atoms in total. The first-order valence-corrected chi connectivity index (χ1v) is 5.39. The number of ether oxygens (including phenoxy) is 1. The Hall–Kier alpha value is -0.320. The monoisotopic (exact) mass is 234 g/mol. The van der Waals surface area contributed by atoms with Gasteiger partial charge < -0.3 is 15.8 Å². The quantitative estimate of drug-likeness (QED) is 0.729. The zero-order valence-corrected chi connectivity index (χ0v) is 9.59. The number of hydrogen-bond acceptors (Lipinski definition) is 3. The number of carbonyl (C=O) groups excluding carboxylic acids is 1. The van der Waals surface area contributed by atoms with Crippen LogP contribution < -0.4 is 11.1 Å². The van der Waals surface area contributed by atoms with Crippen LogP contribution in [0, 0.1) is 5.92 Å². The summed E-state index contributed by atoms with van der Waals surface area (Å²) >= 11 is 0. The van der Waals surface area contributed by atoms with E-state index in [-0.39, 0.29) is 30.3 Å². The first-order valence-electron chi connectivity index (χ1n) is 5.39. The van der Waals surface area contributed by atoms with Crippen molar-refractivity contribution in [2.75, 3.05) is 13.2 Å². The number of rotatable bonds is 2. The van der Waals surface area contributed by atoms with Gasteiger partial charge in [-0.2, -0.15) is 0 Å². The van der Waals surface area contributed by atoms with E-state index in [0.29, 0.717) is 6.04 Å². The largest absolute Gasteiger partial charge is 0.381 e. The Balaban J connectivity index is 0.00000112. The highest BCUT2D eigenvalue weighted by Crippen LogP contribution is 2.25. The number of nitrogens with one attached hydrogen (secondary N) is 1. The third kappa shape index (κ3) is 3.33. The Bertz CT molecular complexity index is 213. The fourth-order valence-corrected chi connectivity index (χ4v) is 2.04. The molecule has 88 valence electrons. The molecule has 15 heavy (non-hydrogen) atoms. The van der Waals surface area contributed by atoms with E-state index in [0.717, 1.165) is 38.9 Å². The van der Waals surface area contributed by atoms with Crippen molar-refractivity contribution in [3.05, 3.63) is 0 Å². The number of amides is 1. The van der Waals surface area contributed by atoms with Gasteiger partial charge in [-0.3, -0.25) is 4.79 Å². The van der Waals surface area contributed by atoms with Gasteiger partial charge in [-0.15, -0.1) is 12.4 Å². The van der Waals surface area contributed by atoms with E-state index >= 15 is 0 Å². The lowest BCUT2D eigenvalue weighted by Crippen LogP contribution is -2.48. The summed E-state index contributed by atoms with van der Waals surface area (Å²) in [5.74, 6) is 0.367. The molecule has 1 heterocycles. The van der Waals surface area contributed by atoms with Gasteiger partial charge in [0.05, 0.1) is 0 Å². The van der Waals surface area contributed by atoms with E-state index in [4.69, 9.17) is 10.5 Å². The van der Waals surface area contributed by atoms with Crippen LogP contribution in [0.4, 0.5) is 0 Å². The molecule has 0 aromatic carbocycles. The maximum atomic E-state index is 11.6.